The Hall–Kier alpha value is -2.57. The maximum Gasteiger partial charge on any atom is 0.340 e. The van der Waals surface area contributed by atoms with E-state index in [1.54, 1.807) is 6.07 Å². The van der Waals surface area contributed by atoms with Crippen LogP contribution in [0, 0.1) is 13.8 Å². The first-order chi connectivity index (χ1) is 13.3. The zero-order valence-corrected chi connectivity index (χ0v) is 17.3. The molecule has 7 heteroatoms. The molecule has 28 heavy (non-hydrogen) atoms. The van der Waals surface area contributed by atoms with E-state index in [0.29, 0.717) is 12.1 Å². The molecule has 0 radical (unpaired) electrons. The summed E-state index contributed by atoms with van der Waals surface area (Å²) in [6.45, 7) is 7.82. The second kappa shape index (κ2) is 10.1. The summed E-state index contributed by atoms with van der Waals surface area (Å²) in [6.07, 6.45) is 7.62. The summed E-state index contributed by atoms with van der Waals surface area (Å²) in [5.41, 5.74) is 3.54. The highest BCUT2D eigenvalue weighted by atomic mass is 16.5. The van der Waals surface area contributed by atoms with E-state index in [2.05, 4.69) is 16.7 Å². The summed E-state index contributed by atoms with van der Waals surface area (Å²) in [7, 11) is 0. The standard InChI is InChI=1S/C21H31N3O4/c1-14(2)24-15(3)12-18(16(24)4)20(26)28-13-19(25)23-21(27)22-11-10-17-8-6-5-7-9-17/h8,12,14H,5-7,9-11,13H2,1-4H3,(H2,22,23,25,27). The summed E-state index contributed by atoms with van der Waals surface area (Å²) in [5.74, 6) is -1.22. The van der Waals surface area contributed by atoms with Crippen molar-refractivity contribution in [2.24, 2.45) is 0 Å². The molecule has 0 saturated heterocycles. The summed E-state index contributed by atoms with van der Waals surface area (Å²) < 4.78 is 7.10. The Morgan fingerprint density at radius 2 is 1.96 bits per heavy atom. The lowest BCUT2D eigenvalue weighted by Gasteiger charge is -2.13. The van der Waals surface area contributed by atoms with Crippen LogP contribution in [-0.4, -0.2) is 35.6 Å². The van der Waals surface area contributed by atoms with Gasteiger partial charge in [-0.3, -0.25) is 10.1 Å². The van der Waals surface area contributed by atoms with Crippen LogP contribution in [0.5, 0.6) is 0 Å². The zero-order valence-electron chi connectivity index (χ0n) is 17.3. The van der Waals surface area contributed by atoms with Gasteiger partial charge in [-0.05, 0) is 65.9 Å². The lowest BCUT2D eigenvalue weighted by Crippen LogP contribution is -2.41. The molecule has 1 aliphatic carbocycles. The maximum atomic E-state index is 12.3. The van der Waals surface area contributed by atoms with Gasteiger partial charge in [0.25, 0.3) is 5.91 Å². The van der Waals surface area contributed by atoms with Gasteiger partial charge in [0.05, 0.1) is 5.56 Å². The number of ether oxygens (including phenoxy) is 1. The van der Waals surface area contributed by atoms with E-state index in [9.17, 15) is 14.4 Å². The highest BCUT2D eigenvalue weighted by Gasteiger charge is 2.19. The number of carbonyl (C=O) groups is 3. The van der Waals surface area contributed by atoms with Gasteiger partial charge < -0.3 is 14.6 Å². The number of carbonyl (C=O) groups excluding carboxylic acids is 3. The maximum absolute atomic E-state index is 12.3. The van der Waals surface area contributed by atoms with Crippen LogP contribution in [0.15, 0.2) is 17.7 Å². The number of urea groups is 1. The van der Waals surface area contributed by atoms with E-state index in [1.165, 1.54) is 18.4 Å². The Kier molecular flexibility index (Phi) is 7.84. The van der Waals surface area contributed by atoms with E-state index in [-0.39, 0.29) is 6.04 Å². The molecule has 1 aliphatic rings. The number of aromatic nitrogens is 1. The van der Waals surface area contributed by atoms with Crippen molar-refractivity contribution in [3.05, 3.63) is 34.7 Å². The molecule has 2 rings (SSSR count). The molecule has 0 spiro atoms. The fourth-order valence-electron chi connectivity index (χ4n) is 3.66. The number of aryl methyl sites for hydroxylation is 1. The van der Waals surface area contributed by atoms with Crippen LogP contribution in [0.4, 0.5) is 4.79 Å². The molecule has 1 aromatic heterocycles. The fraction of sp³-hybridized carbons (Fsp3) is 0.571. The average molecular weight is 389 g/mol. The topological polar surface area (TPSA) is 89.4 Å². The van der Waals surface area contributed by atoms with E-state index in [1.807, 2.05) is 32.3 Å². The predicted molar refractivity (Wildman–Crippen MR) is 107 cm³/mol. The Bertz CT molecular complexity index is 762. The fourth-order valence-corrected chi connectivity index (χ4v) is 3.66. The molecule has 0 bridgehead atoms. The number of esters is 1. The molecule has 1 aromatic rings. The summed E-state index contributed by atoms with van der Waals surface area (Å²) in [5, 5.41) is 4.84. The smallest absolute Gasteiger partial charge is 0.340 e. The van der Waals surface area contributed by atoms with Crippen molar-refractivity contribution >= 4 is 17.9 Å². The summed E-state index contributed by atoms with van der Waals surface area (Å²) in [4.78, 5) is 35.9. The molecular formula is C21H31N3O4. The third-order valence-corrected chi connectivity index (χ3v) is 4.92. The highest BCUT2D eigenvalue weighted by Crippen LogP contribution is 2.21. The van der Waals surface area contributed by atoms with Crippen molar-refractivity contribution in [2.75, 3.05) is 13.2 Å². The van der Waals surface area contributed by atoms with E-state index < -0.39 is 24.5 Å². The van der Waals surface area contributed by atoms with Crippen molar-refractivity contribution in [3.63, 3.8) is 0 Å². The molecular weight excluding hydrogens is 358 g/mol. The second-order valence-electron chi connectivity index (χ2n) is 7.49. The third kappa shape index (κ3) is 5.97. The monoisotopic (exact) mass is 389 g/mol. The largest absolute Gasteiger partial charge is 0.452 e. The van der Waals surface area contributed by atoms with E-state index in [0.717, 1.165) is 30.7 Å². The zero-order chi connectivity index (χ0) is 20.7. The SMILES string of the molecule is Cc1cc(C(=O)OCC(=O)NC(=O)NCCC2=CCCCC2)c(C)n1C(C)C. The Morgan fingerprint density at radius 1 is 1.21 bits per heavy atom. The Morgan fingerprint density at radius 3 is 2.57 bits per heavy atom. The minimum atomic E-state index is -0.652. The minimum Gasteiger partial charge on any atom is -0.452 e. The third-order valence-electron chi connectivity index (χ3n) is 4.92. The van der Waals surface area contributed by atoms with Gasteiger partial charge in [-0.1, -0.05) is 11.6 Å². The lowest BCUT2D eigenvalue weighted by atomic mass is 9.97. The molecule has 1 heterocycles. The molecule has 3 amide bonds. The van der Waals surface area contributed by atoms with Gasteiger partial charge in [0, 0.05) is 24.0 Å². The number of rotatable bonds is 7. The van der Waals surface area contributed by atoms with Gasteiger partial charge in [0.2, 0.25) is 0 Å². The van der Waals surface area contributed by atoms with Crippen molar-refractivity contribution in [2.45, 2.75) is 65.8 Å². The minimum absolute atomic E-state index is 0.220. The number of hydrogen-bond donors (Lipinski definition) is 2. The molecule has 0 aromatic carbocycles. The molecule has 7 nitrogen and oxygen atoms in total. The van der Waals surface area contributed by atoms with Crippen LogP contribution in [-0.2, 0) is 9.53 Å². The van der Waals surface area contributed by atoms with Crippen molar-refractivity contribution in [1.29, 1.82) is 0 Å². The van der Waals surface area contributed by atoms with Crippen molar-refractivity contribution < 1.29 is 19.1 Å². The van der Waals surface area contributed by atoms with E-state index >= 15 is 0 Å². The quantitative estimate of drug-likeness (QED) is 0.551. The average Bonchev–Trinajstić information content (AvgIpc) is 2.95. The van der Waals surface area contributed by atoms with Crippen LogP contribution >= 0.6 is 0 Å². The number of allylic oxidation sites excluding steroid dienone is 1. The first-order valence-corrected chi connectivity index (χ1v) is 9.90. The number of hydrogen-bond acceptors (Lipinski definition) is 4. The molecule has 0 fully saturated rings. The number of nitrogens with one attached hydrogen (secondary N) is 2. The van der Waals surface area contributed by atoms with Gasteiger partial charge in [-0.2, -0.15) is 0 Å². The summed E-state index contributed by atoms with van der Waals surface area (Å²) in [6, 6.07) is 1.40. The van der Waals surface area contributed by atoms with Gasteiger partial charge in [0.15, 0.2) is 6.61 Å². The number of amides is 3. The van der Waals surface area contributed by atoms with Crippen LogP contribution in [0.3, 0.4) is 0 Å². The lowest BCUT2D eigenvalue weighted by molar-refractivity contribution is -0.123. The predicted octanol–water partition coefficient (Wildman–Crippen LogP) is 3.56. The van der Waals surface area contributed by atoms with Crippen LogP contribution in [0.1, 0.15) is 73.7 Å². The first-order valence-electron chi connectivity index (χ1n) is 9.90. The highest BCUT2D eigenvalue weighted by molar-refractivity contribution is 5.97. The van der Waals surface area contributed by atoms with Crippen molar-refractivity contribution in [3.8, 4) is 0 Å². The first kappa shape index (κ1) is 21.7. The van der Waals surface area contributed by atoms with Gasteiger partial charge in [0.1, 0.15) is 0 Å². The number of imide groups is 1. The van der Waals surface area contributed by atoms with Crippen molar-refractivity contribution in [1.82, 2.24) is 15.2 Å². The molecule has 2 N–H and O–H groups in total. The van der Waals surface area contributed by atoms with Gasteiger partial charge in [-0.15, -0.1) is 0 Å². The van der Waals surface area contributed by atoms with Crippen LogP contribution in [0.25, 0.3) is 0 Å². The number of nitrogens with zero attached hydrogens (tertiary/aromatic N) is 1. The molecule has 0 aliphatic heterocycles. The van der Waals surface area contributed by atoms with Gasteiger partial charge in [-0.25, -0.2) is 9.59 Å². The Labute approximate surface area is 166 Å². The van der Waals surface area contributed by atoms with Crippen LogP contribution < -0.4 is 10.6 Å². The van der Waals surface area contributed by atoms with Gasteiger partial charge >= 0.3 is 12.0 Å². The van der Waals surface area contributed by atoms with E-state index in [4.69, 9.17) is 4.74 Å². The molecule has 0 saturated carbocycles. The molecule has 0 unspecified atom stereocenters. The van der Waals surface area contributed by atoms with Crippen LogP contribution in [0.2, 0.25) is 0 Å². The summed E-state index contributed by atoms with van der Waals surface area (Å²) >= 11 is 0. The molecule has 154 valence electrons. The molecule has 0 atom stereocenters. The Balaban J connectivity index is 1.74. The normalized spacial score (nSPS) is 13.8. The second-order valence-corrected chi connectivity index (χ2v) is 7.49.